The minimum absolute atomic E-state index is 0.0229. The number of carboxylic acids is 1. The van der Waals surface area contributed by atoms with Crippen LogP contribution in [-0.2, 0) is 19.4 Å². The third-order valence-electron chi connectivity index (χ3n) is 2.23. The molecule has 0 aliphatic carbocycles. The zero-order chi connectivity index (χ0) is 15.8. The number of carbonyl (C=O) groups excluding carboxylic acids is 2. The Balaban J connectivity index is 3.90. The van der Waals surface area contributed by atoms with Crippen LogP contribution < -0.4 is 10.6 Å². The predicted octanol–water partition coefficient (Wildman–Crippen LogP) is -0.110. The summed E-state index contributed by atoms with van der Waals surface area (Å²) in [4.78, 5) is 32.9. The molecule has 8 nitrogen and oxygen atoms in total. The van der Waals surface area contributed by atoms with Crippen LogP contribution in [0.4, 0.5) is 4.79 Å². The van der Waals surface area contributed by atoms with Gasteiger partial charge in [0.05, 0.1) is 5.75 Å². The lowest BCUT2D eigenvalue weighted by Crippen LogP contribution is -2.45. The van der Waals surface area contributed by atoms with Gasteiger partial charge in [0.1, 0.15) is 9.84 Å². The largest absolute Gasteiger partial charge is 0.481 e. The minimum Gasteiger partial charge on any atom is -0.481 e. The molecule has 0 aromatic rings. The average Bonchev–Trinajstić information content (AvgIpc) is 2.20. The molecule has 0 saturated carbocycles. The first kappa shape index (κ1) is 18.4. The van der Waals surface area contributed by atoms with Crippen molar-refractivity contribution in [1.82, 2.24) is 10.6 Å². The first-order valence-corrected chi connectivity index (χ1v) is 8.16. The van der Waals surface area contributed by atoms with Crippen LogP contribution in [0.1, 0.15) is 32.6 Å². The Bertz CT molecular complexity index is 460. The summed E-state index contributed by atoms with van der Waals surface area (Å²) in [5.74, 6) is -1.68. The lowest BCUT2D eigenvalue weighted by atomic mass is 10.2. The summed E-state index contributed by atoms with van der Waals surface area (Å²) in [6, 6.07) is -1.37. The molecule has 1 atom stereocenters. The Morgan fingerprint density at radius 2 is 1.70 bits per heavy atom. The maximum Gasteiger partial charge on any atom is 0.321 e. The van der Waals surface area contributed by atoms with Crippen LogP contribution in [0.2, 0.25) is 0 Å². The van der Waals surface area contributed by atoms with Crippen molar-refractivity contribution in [2.45, 2.75) is 38.6 Å². The number of urea groups is 1. The average molecular weight is 308 g/mol. The van der Waals surface area contributed by atoms with Crippen molar-refractivity contribution >= 4 is 27.7 Å². The van der Waals surface area contributed by atoms with Gasteiger partial charge in [0, 0.05) is 25.1 Å². The first-order valence-electron chi connectivity index (χ1n) is 6.10. The molecule has 116 valence electrons. The number of rotatable bonds is 8. The lowest BCUT2D eigenvalue weighted by Gasteiger charge is -2.12. The van der Waals surface area contributed by atoms with Crippen LogP contribution in [-0.4, -0.2) is 49.5 Å². The van der Waals surface area contributed by atoms with Gasteiger partial charge in [-0.2, -0.15) is 0 Å². The molecule has 0 aromatic carbocycles. The summed E-state index contributed by atoms with van der Waals surface area (Å²) in [6.45, 7) is 1.51. The molecule has 0 heterocycles. The topological polar surface area (TPSA) is 130 Å². The summed E-state index contributed by atoms with van der Waals surface area (Å²) in [5, 5.41) is 12.8. The number of carbonyl (C=O) groups is 3. The van der Waals surface area contributed by atoms with E-state index in [1.807, 2.05) is 0 Å². The van der Waals surface area contributed by atoms with E-state index >= 15 is 0 Å². The molecule has 0 bridgehead atoms. The number of imide groups is 1. The van der Waals surface area contributed by atoms with E-state index in [0.29, 0.717) is 12.8 Å². The summed E-state index contributed by atoms with van der Waals surface area (Å²) >= 11 is 0. The van der Waals surface area contributed by atoms with Crippen molar-refractivity contribution in [2.24, 2.45) is 0 Å². The van der Waals surface area contributed by atoms with E-state index in [-0.39, 0.29) is 18.6 Å². The SMILES string of the molecule is CC(CS(C)(=O)=O)NC(=O)NC(=O)CCCCC(=O)O. The van der Waals surface area contributed by atoms with Gasteiger partial charge >= 0.3 is 12.0 Å². The molecule has 0 radical (unpaired) electrons. The van der Waals surface area contributed by atoms with Gasteiger partial charge in [-0.15, -0.1) is 0 Å². The molecular weight excluding hydrogens is 288 g/mol. The normalized spacial score (nSPS) is 12.5. The number of nitrogens with one attached hydrogen (secondary N) is 2. The maximum atomic E-state index is 11.4. The molecule has 1 unspecified atom stereocenters. The number of amides is 3. The number of aliphatic carboxylic acids is 1. The Kier molecular flexibility index (Phi) is 7.82. The number of hydrogen-bond donors (Lipinski definition) is 3. The van der Waals surface area contributed by atoms with Crippen LogP contribution in [0.3, 0.4) is 0 Å². The van der Waals surface area contributed by atoms with Crippen LogP contribution >= 0.6 is 0 Å². The zero-order valence-corrected chi connectivity index (χ0v) is 12.3. The third kappa shape index (κ3) is 11.5. The zero-order valence-electron chi connectivity index (χ0n) is 11.5. The van der Waals surface area contributed by atoms with Crippen LogP contribution in [0, 0.1) is 0 Å². The van der Waals surface area contributed by atoms with Gasteiger partial charge in [-0.25, -0.2) is 13.2 Å². The highest BCUT2D eigenvalue weighted by atomic mass is 32.2. The molecule has 0 aliphatic heterocycles. The lowest BCUT2D eigenvalue weighted by molar-refractivity contribution is -0.137. The Labute approximate surface area is 117 Å². The second kappa shape index (κ2) is 8.51. The smallest absolute Gasteiger partial charge is 0.321 e. The molecule has 0 saturated heterocycles. The van der Waals surface area contributed by atoms with E-state index in [4.69, 9.17) is 5.11 Å². The van der Waals surface area contributed by atoms with Crippen molar-refractivity contribution < 1.29 is 27.9 Å². The fourth-order valence-electron chi connectivity index (χ4n) is 1.51. The Hall–Kier alpha value is -1.64. The van der Waals surface area contributed by atoms with E-state index in [0.717, 1.165) is 6.26 Å². The number of hydrogen-bond acceptors (Lipinski definition) is 5. The van der Waals surface area contributed by atoms with E-state index in [9.17, 15) is 22.8 Å². The standard InChI is InChI=1S/C11H20N2O6S/c1-8(7-20(2,18)19)12-11(17)13-9(14)5-3-4-6-10(15)16/h8H,3-7H2,1-2H3,(H,15,16)(H2,12,13,14,17). The highest BCUT2D eigenvalue weighted by Crippen LogP contribution is 1.99. The highest BCUT2D eigenvalue weighted by molar-refractivity contribution is 7.90. The summed E-state index contributed by atoms with van der Waals surface area (Å²) in [5.41, 5.74) is 0. The monoisotopic (exact) mass is 308 g/mol. The molecular formula is C11H20N2O6S. The van der Waals surface area contributed by atoms with Gasteiger partial charge in [-0.1, -0.05) is 0 Å². The van der Waals surface area contributed by atoms with Gasteiger partial charge < -0.3 is 10.4 Å². The molecule has 0 fully saturated rings. The molecule has 3 amide bonds. The Morgan fingerprint density at radius 1 is 1.15 bits per heavy atom. The maximum absolute atomic E-state index is 11.4. The molecule has 9 heteroatoms. The fourth-order valence-corrected chi connectivity index (χ4v) is 2.50. The second-order valence-electron chi connectivity index (χ2n) is 4.62. The van der Waals surface area contributed by atoms with Crippen molar-refractivity contribution in [3.8, 4) is 0 Å². The highest BCUT2D eigenvalue weighted by Gasteiger charge is 2.14. The van der Waals surface area contributed by atoms with Gasteiger partial charge in [0.15, 0.2) is 0 Å². The Morgan fingerprint density at radius 3 is 2.20 bits per heavy atom. The van der Waals surface area contributed by atoms with E-state index < -0.39 is 33.8 Å². The van der Waals surface area contributed by atoms with Gasteiger partial charge in [-0.05, 0) is 19.8 Å². The van der Waals surface area contributed by atoms with Crippen molar-refractivity contribution in [3.63, 3.8) is 0 Å². The third-order valence-corrected chi connectivity index (χ3v) is 3.33. The van der Waals surface area contributed by atoms with E-state index in [1.165, 1.54) is 6.92 Å². The van der Waals surface area contributed by atoms with Gasteiger partial charge in [-0.3, -0.25) is 14.9 Å². The van der Waals surface area contributed by atoms with Crippen molar-refractivity contribution in [2.75, 3.05) is 12.0 Å². The summed E-state index contributed by atoms with van der Waals surface area (Å²) in [7, 11) is -3.21. The van der Waals surface area contributed by atoms with Crippen LogP contribution in [0.5, 0.6) is 0 Å². The quantitative estimate of drug-likeness (QED) is 0.536. The van der Waals surface area contributed by atoms with E-state index in [1.54, 1.807) is 0 Å². The number of unbranched alkanes of at least 4 members (excludes halogenated alkanes) is 1. The second-order valence-corrected chi connectivity index (χ2v) is 6.80. The molecule has 0 aromatic heterocycles. The molecule has 3 N–H and O–H groups in total. The molecule has 0 rings (SSSR count). The molecule has 20 heavy (non-hydrogen) atoms. The summed E-state index contributed by atoms with van der Waals surface area (Å²) < 4.78 is 22.0. The van der Waals surface area contributed by atoms with Crippen LogP contribution in [0.15, 0.2) is 0 Å². The fraction of sp³-hybridized carbons (Fsp3) is 0.727. The van der Waals surface area contributed by atoms with Crippen LogP contribution in [0.25, 0.3) is 0 Å². The van der Waals surface area contributed by atoms with Crippen molar-refractivity contribution in [3.05, 3.63) is 0 Å². The molecule has 0 spiro atoms. The predicted molar refractivity (Wildman–Crippen MR) is 72.0 cm³/mol. The molecule has 0 aliphatic rings. The van der Waals surface area contributed by atoms with Crippen molar-refractivity contribution in [1.29, 1.82) is 0 Å². The number of carboxylic acid groups (broad SMARTS) is 1. The first-order chi connectivity index (χ1) is 9.10. The van der Waals surface area contributed by atoms with E-state index in [2.05, 4.69) is 10.6 Å². The van der Waals surface area contributed by atoms with Gasteiger partial charge in [0.25, 0.3) is 0 Å². The van der Waals surface area contributed by atoms with Gasteiger partial charge in [0.2, 0.25) is 5.91 Å². The minimum atomic E-state index is -3.21. The summed E-state index contributed by atoms with van der Waals surface area (Å²) in [6.07, 6.45) is 1.79. The number of sulfone groups is 1.